The highest BCUT2D eigenvalue weighted by molar-refractivity contribution is 6.05. The van der Waals surface area contributed by atoms with Crippen LogP contribution in [-0.4, -0.2) is 25.6 Å². The minimum absolute atomic E-state index is 0.251. The number of benzene rings is 2. The van der Waals surface area contributed by atoms with Gasteiger partial charge in [-0.3, -0.25) is 4.79 Å². The first-order chi connectivity index (χ1) is 11.2. The van der Waals surface area contributed by atoms with E-state index in [1.165, 1.54) is 0 Å². The second-order valence-electron chi connectivity index (χ2n) is 4.85. The average Bonchev–Trinajstić information content (AvgIpc) is 2.56. The van der Waals surface area contributed by atoms with Crippen LogP contribution in [0.2, 0.25) is 0 Å². The van der Waals surface area contributed by atoms with E-state index in [0.29, 0.717) is 30.0 Å². The molecule has 1 N–H and O–H groups in total. The van der Waals surface area contributed by atoms with E-state index in [2.05, 4.69) is 5.32 Å². The normalized spacial score (nSPS) is 10.2. The maximum Gasteiger partial charge on any atom is 0.338 e. The second kappa shape index (κ2) is 8.10. The SMILES string of the molecule is CCOC(=O)c1cccc(NC(=O)c2ccccc2COC)c1. The summed E-state index contributed by atoms with van der Waals surface area (Å²) in [4.78, 5) is 24.2. The van der Waals surface area contributed by atoms with E-state index < -0.39 is 5.97 Å². The number of amides is 1. The summed E-state index contributed by atoms with van der Waals surface area (Å²) in [5, 5.41) is 2.79. The van der Waals surface area contributed by atoms with Crippen LogP contribution in [0.4, 0.5) is 5.69 Å². The number of nitrogens with one attached hydrogen (secondary N) is 1. The van der Waals surface area contributed by atoms with Gasteiger partial charge in [-0.2, -0.15) is 0 Å². The molecule has 0 bridgehead atoms. The fourth-order valence-electron chi connectivity index (χ4n) is 2.16. The van der Waals surface area contributed by atoms with Crippen LogP contribution < -0.4 is 5.32 Å². The first-order valence-electron chi connectivity index (χ1n) is 7.31. The Bertz CT molecular complexity index is 697. The lowest BCUT2D eigenvalue weighted by Crippen LogP contribution is -2.15. The molecule has 23 heavy (non-hydrogen) atoms. The van der Waals surface area contributed by atoms with Gasteiger partial charge in [-0.15, -0.1) is 0 Å². The van der Waals surface area contributed by atoms with Crippen molar-refractivity contribution >= 4 is 17.6 Å². The van der Waals surface area contributed by atoms with Crippen LogP contribution in [0.3, 0.4) is 0 Å². The zero-order chi connectivity index (χ0) is 16.7. The molecule has 0 atom stereocenters. The number of carbonyl (C=O) groups is 2. The van der Waals surface area contributed by atoms with E-state index in [1.54, 1.807) is 50.4 Å². The highest BCUT2D eigenvalue weighted by Crippen LogP contribution is 2.16. The lowest BCUT2D eigenvalue weighted by molar-refractivity contribution is 0.0526. The third-order valence-electron chi connectivity index (χ3n) is 3.19. The molecule has 0 aliphatic rings. The molecule has 0 saturated carbocycles. The molecule has 0 aromatic heterocycles. The molecule has 0 spiro atoms. The van der Waals surface area contributed by atoms with E-state index in [0.717, 1.165) is 5.56 Å². The molecule has 0 aliphatic carbocycles. The van der Waals surface area contributed by atoms with Crippen LogP contribution in [-0.2, 0) is 16.1 Å². The molecule has 2 rings (SSSR count). The van der Waals surface area contributed by atoms with Gasteiger partial charge in [-0.05, 0) is 36.8 Å². The quantitative estimate of drug-likeness (QED) is 0.831. The van der Waals surface area contributed by atoms with Crippen molar-refractivity contribution in [2.75, 3.05) is 19.0 Å². The molecule has 0 fully saturated rings. The number of rotatable bonds is 6. The molecule has 5 nitrogen and oxygen atoms in total. The molecule has 0 aliphatic heterocycles. The Morgan fingerprint density at radius 1 is 1.09 bits per heavy atom. The number of anilines is 1. The van der Waals surface area contributed by atoms with Crippen LogP contribution in [0.25, 0.3) is 0 Å². The molecule has 120 valence electrons. The lowest BCUT2D eigenvalue weighted by atomic mass is 10.1. The summed E-state index contributed by atoms with van der Waals surface area (Å²) in [5.74, 6) is -0.665. The predicted octanol–water partition coefficient (Wildman–Crippen LogP) is 3.26. The maximum absolute atomic E-state index is 12.4. The maximum atomic E-state index is 12.4. The molecule has 1 amide bonds. The topological polar surface area (TPSA) is 64.6 Å². The summed E-state index contributed by atoms with van der Waals surface area (Å²) in [6.45, 7) is 2.41. The van der Waals surface area contributed by atoms with Gasteiger partial charge in [0, 0.05) is 18.4 Å². The molecule has 0 unspecified atom stereocenters. The Morgan fingerprint density at radius 3 is 2.61 bits per heavy atom. The van der Waals surface area contributed by atoms with E-state index >= 15 is 0 Å². The first-order valence-corrected chi connectivity index (χ1v) is 7.31. The highest BCUT2D eigenvalue weighted by atomic mass is 16.5. The van der Waals surface area contributed by atoms with Crippen molar-refractivity contribution in [1.29, 1.82) is 0 Å². The predicted molar refractivity (Wildman–Crippen MR) is 87.5 cm³/mol. The molecule has 2 aromatic carbocycles. The van der Waals surface area contributed by atoms with Gasteiger partial charge < -0.3 is 14.8 Å². The average molecular weight is 313 g/mol. The Labute approximate surface area is 135 Å². The molecule has 0 saturated heterocycles. The van der Waals surface area contributed by atoms with Crippen LogP contribution in [0.1, 0.15) is 33.2 Å². The molecule has 0 heterocycles. The van der Waals surface area contributed by atoms with Gasteiger partial charge in [0.15, 0.2) is 0 Å². The molecule has 5 heteroatoms. The van der Waals surface area contributed by atoms with E-state index in [9.17, 15) is 9.59 Å². The van der Waals surface area contributed by atoms with Crippen molar-refractivity contribution < 1.29 is 19.1 Å². The zero-order valence-electron chi connectivity index (χ0n) is 13.2. The number of hydrogen-bond donors (Lipinski definition) is 1. The van der Waals surface area contributed by atoms with E-state index in [-0.39, 0.29) is 5.91 Å². The van der Waals surface area contributed by atoms with Crippen molar-refractivity contribution in [2.24, 2.45) is 0 Å². The first kappa shape index (κ1) is 16.7. The Morgan fingerprint density at radius 2 is 1.87 bits per heavy atom. The number of hydrogen-bond acceptors (Lipinski definition) is 4. The Hall–Kier alpha value is -2.66. The minimum atomic E-state index is -0.414. The summed E-state index contributed by atoms with van der Waals surface area (Å²) < 4.78 is 10.1. The van der Waals surface area contributed by atoms with Gasteiger partial charge in [0.2, 0.25) is 0 Å². The van der Waals surface area contributed by atoms with Crippen LogP contribution in [0.5, 0.6) is 0 Å². The van der Waals surface area contributed by atoms with Crippen molar-refractivity contribution in [2.45, 2.75) is 13.5 Å². The fourth-order valence-corrected chi connectivity index (χ4v) is 2.16. The summed E-state index contributed by atoms with van der Waals surface area (Å²) in [5.41, 5.74) is 2.27. The number of methoxy groups -OCH3 is 1. The van der Waals surface area contributed by atoms with Crippen molar-refractivity contribution in [3.05, 3.63) is 65.2 Å². The molecule has 2 aromatic rings. The third-order valence-corrected chi connectivity index (χ3v) is 3.19. The van der Waals surface area contributed by atoms with Crippen molar-refractivity contribution in [3.8, 4) is 0 Å². The summed E-state index contributed by atoms with van der Waals surface area (Å²) >= 11 is 0. The van der Waals surface area contributed by atoms with E-state index in [4.69, 9.17) is 9.47 Å². The second-order valence-corrected chi connectivity index (χ2v) is 4.85. The Kier molecular flexibility index (Phi) is 5.88. The molecule has 0 radical (unpaired) electrons. The lowest BCUT2D eigenvalue weighted by Gasteiger charge is -2.10. The van der Waals surface area contributed by atoms with Crippen molar-refractivity contribution in [3.63, 3.8) is 0 Å². The van der Waals surface area contributed by atoms with Gasteiger partial charge in [0.25, 0.3) is 5.91 Å². The summed E-state index contributed by atoms with van der Waals surface area (Å²) in [6.07, 6.45) is 0. The molecular formula is C18H19NO4. The monoisotopic (exact) mass is 313 g/mol. The minimum Gasteiger partial charge on any atom is -0.462 e. The van der Waals surface area contributed by atoms with Gasteiger partial charge in [0.1, 0.15) is 0 Å². The third kappa shape index (κ3) is 4.40. The largest absolute Gasteiger partial charge is 0.462 e. The summed E-state index contributed by atoms with van der Waals surface area (Å²) in [6, 6.07) is 13.9. The Balaban J connectivity index is 2.18. The van der Waals surface area contributed by atoms with Crippen LogP contribution >= 0.6 is 0 Å². The number of esters is 1. The van der Waals surface area contributed by atoms with Gasteiger partial charge in [-0.25, -0.2) is 4.79 Å². The number of ether oxygens (including phenoxy) is 2. The van der Waals surface area contributed by atoms with Gasteiger partial charge in [-0.1, -0.05) is 24.3 Å². The van der Waals surface area contributed by atoms with Crippen molar-refractivity contribution in [1.82, 2.24) is 0 Å². The highest BCUT2D eigenvalue weighted by Gasteiger charge is 2.12. The number of carbonyl (C=O) groups excluding carboxylic acids is 2. The molecular weight excluding hydrogens is 294 g/mol. The fraction of sp³-hybridized carbons (Fsp3) is 0.222. The van der Waals surface area contributed by atoms with Crippen LogP contribution in [0, 0.1) is 0 Å². The van der Waals surface area contributed by atoms with Gasteiger partial charge >= 0.3 is 5.97 Å². The van der Waals surface area contributed by atoms with E-state index in [1.807, 2.05) is 12.1 Å². The smallest absolute Gasteiger partial charge is 0.338 e. The standard InChI is InChI=1S/C18H19NO4/c1-3-23-18(21)13-8-6-9-15(11-13)19-17(20)16-10-5-4-7-14(16)12-22-2/h4-11H,3,12H2,1-2H3,(H,19,20). The van der Waals surface area contributed by atoms with Crippen LogP contribution in [0.15, 0.2) is 48.5 Å². The zero-order valence-corrected chi connectivity index (χ0v) is 13.2. The van der Waals surface area contributed by atoms with Gasteiger partial charge in [0.05, 0.1) is 18.8 Å². The summed E-state index contributed by atoms with van der Waals surface area (Å²) in [7, 11) is 1.58.